The molecule has 5 nitrogen and oxygen atoms in total. The van der Waals surface area contributed by atoms with Crippen molar-refractivity contribution in [3.63, 3.8) is 0 Å². The zero-order valence-corrected chi connectivity index (χ0v) is 12.1. The summed E-state index contributed by atoms with van der Waals surface area (Å²) >= 11 is 5.15. The van der Waals surface area contributed by atoms with Gasteiger partial charge in [-0.15, -0.1) is 0 Å². The quantitative estimate of drug-likeness (QED) is 0.662. The first-order valence-corrected chi connectivity index (χ1v) is 6.86. The summed E-state index contributed by atoms with van der Waals surface area (Å²) in [5.41, 5.74) is 4.49. The van der Waals surface area contributed by atoms with Gasteiger partial charge in [-0.1, -0.05) is 0 Å². The lowest BCUT2D eigenvalue weighted by Gasteiger charge is -2.13. The van der Waals surface area contributed by atoms with E-state index in [4.69, 9.17) is 17.0 Å². The van der Waals surface area contributed by atoms with E-state index in [1.807, 2.05) is 24.3 Å². The van der Waals surface area contributed by atoms with Crippen molar-refractivity contribution < 1.29 is 9.53 Å². The van der Waals surface area contributed by atoms with E-state index in [0.717, 1.165) is 30.0 Å². The highest BCUT2D eigenvalue weighted by atomic mass is 32.1. The number of carbonyl (C=O) groups is 1. The molecule has 2 N–H and O–H groups in total. The number of methoxy groups -OCH3 is 1. The van der Waals surface area contributed by atoms with Gasteiger partial charge in [-0.25, -0.2) is 0 Å². The van der Waals surface area contributed by atoms with Gasteiger partial charge in [0, 0.05) is 24.2 Å². The topological polar surface area (TPSA) is 62.7 Å². The number of hydrogen-bond donors (Lipinski definition) is 2. The molecule has 20 heavy (non-hydrogen) atoms. The van der Waals surface area contributed by atoms with Crippen LogP contribution in [0.15, 0.2) is 29.4 Å². The predicted molar refractivity (Wildman–Crippen MR) is 83.3 cm³/mol. The van der Waals surface area contributed by atoms with Crippen molar-refractivity contribution in [1.82, 2.24) is 5.43 Å². The summed E-state index contributed by atoms with van der Waals surface area (Å²) in [6.45, 7) is 0. The Kier molecular flexibility index (Phi) is 5.06. The van der Waals surface area contributed by atoms with E-state index in [-0.39, 0.29) is 5.78 Å². The number of rotatable bonds is 3. The second kappa shape index (κ2) is 7.00. The fraction of sp³-hybridized carbons (Fsp3) is 0.357. The molecule has 0 aromatic heterocycles. The first-order valence-electron chi connectivity index (χ1n) is 6.45. The highest BCUT2D eigenvalue weighted by Gasteiger charge is 2.14. The van der Waals surface area contributed by atoms with Crippen molar-refractivity contribution in [3.8, 4) is 5.75 Å². The van der Waals surface area contributed by atoms with Crippen LogP contribution in [0.5, 0.6) is 5.75 Å². The zero-order chi connectivity index (χ0) is 14.4. The SMILES string of the molecule is COc1ccc(NC(=S)NN=C2CCCC(=O)C2)cc1. The Balaban J connectivity index is 1.85. The summed E-state index contributed by atoms with van der Waals surface area (Å²) in [7, 11) is 1.62. The molecule has 2 rings (SSSR count). The minimum Gasteiger partial charge on any atom is -0.497 e. The van der Waals surface area contributed by atoms with Crippen molar-refractivity contribution in [3.05, 3.63) is 24.3 Å². The molecule has 106 valence electrons. The van der Waals surface area contributed by atoms with Crippen molar-refractivity contribution >= 4 is 34.5 Å². The van der Waals surface area contributed by atoms with Gasteiger partial charge in [0.15, 0.2) is 5.11 Å². The normalized spacial score (nSPS) is 16.9. The van der Waals surface area contributed by atoms with Crippen LogP contribution in [0.2, 0.25) is 0 Å². The molecular formula is C14H17N3O2S. The molecule has 1 fully saturated rings. The summed E-state index contributed by atoms with van der Waals surface area (Å²) < 4.78 is 5.08. The number of carbonyl (C=O) groups excluding carboxylic acids is 1. The Bertz CT molecular complexity index is 526. The molecule has 0 aliphatic heterocycles. The molecule has 1 aliphatic rings. The van der Waals surface area contributed by atoms with E-state index in [9.17, 15) is 4.79 Å². The van der Waals surface area contributed by atoms with Gasteiger partial charge >= 0.3 is 0 Å². The third-order valence-corrected chi connectivity index (χ3v) is 3.18. The smallest absolute Gasteiger partial charge is 0.191 e. The van der Waals surface area contributed by atoms with Gasteiger partial charge in [0.2, 0.25) is 0 Å². The summed E-state index contributed by atoms with van der Waals surface area (Å²) in [6.07, 6.45) is 2.81. The summed E-state index contributed by atoms with van der Waals surface area (Å²) in [5.74, 6) is 1.03. The van der Waals surface area contributed by atoms with Crippen LogP contribution in [-0.2, 0) is 4.79 Å². The summed E-state index contributed by atoms with van der Waals surface area (Å²) in [4.78, 5) is 11.3. The number of hydrogen-bond acceptors (Lipinski definition) is 4. The van der Waals surface area contributed by atoms with Crippen LogP contribution in [0.3, 0.4) is 0 Å². The Morgan fingerprint density at radius 3 is 2.70 bits per heavy atom. The number of thiocarbonyl (C=S) groups is 1. The third kappa shape index (κ3) is 4.31. The Morgan fingerprint density at radius 1 is 1.30 bits per heavy atom. The highest BCUT2D eigenvalue weighted by molar-refractivity contribution is 7.80. The maximum Gasteiger partial charge on any atom is 0.191 e. The van der Waals surface area contributed by atoms with Crippen LogP contribution < -0.4 is 15.5 Å². The van der Waals surface area contributed by atoms with Crippen molar-refractivity contribution in [1.29, 1.82) is 0 Å². The van der Waals surface area contributed by atoms with Gasteiger partial charge in [-0.2, -0.15) is 5.10 Å². The van der Waals surface area contributed by atoms with E-state index in [0.29, 0.717) is 18.0 Å². The van der Waals surface area contributed by atoms with Crippen LogP contribution in [-0.4, -0.2) is 23.7 Å². The van der Waals surface area contributed by atoms with Crippen LogP contribution in [0.4, 0.5) is 5.69 Å². The number of anilines is 1. The minimum absolute atomic E-state index is 0.242. The second-order valence-electron chi connectivity index (χ2n) is 4.54. The second-order valence-corrected chi connectivity index (χ2v) is 4.95. The molecular weight excluding hydrogens is 274 g/mol. The number of hydrazone groups is 1. The van der Waals surface area contributed by atoms with Gasteiger partial charge in [0.1, 0.15) is 11.5 Å². The van der Waals surface area contributed by atoms with Crippen LogP contribution in [0.1, 0.15) is 25.7 Å². The molecule has 6 heteroatoms. The average Bonchev–Trinajstić information content (AvgIpc) is 2.46. The number of ketones is 1. The molecule has 1 saturated carbocycles. The Labute approximate surface area is 123 Å². The molecule has 0 bridgehead atoms. The van der Waals surface area contributed by atoms with E-state index in [2.05, 4.69) is 15.8 Å². The van der Waals surface area contributed by atoms with E-state index >= 15 is 0 Å². The first-order chi connectivity index (χ1) is 9.67. The van der Waals surface area contributed by atoms with E-state index in [1.54, 1.807) is 7.11 Å². The van der Waals surface area contributed by atoms with Crippen LogP contribution >= 0.6 is 12.2 Å². The van der Waals surface area contributed by atoms with Gasteiger partial charge in [-0.3, -0.25) is 10.2 Å². The lowest BCUT2D eigenvalue weighted by atomic mass is 9.97. The molecule has 0 spiro atoms. The molecule has 0 amide bonds. The van der Waals surface area contributed by atoms with Gasteiger partial charge in [0.25, 0.3) is 0 Å². The number of nitrogens with zero attached hydrogens (tertiary/aromatic N) is 1. The summed E-state index contributed by atoms with van der Waals surface area (Å²) in [6, 6.07) is 7.42. The molecule has 0 radical (unpaired) electrons. The maximum absolute atomic E-state index is 11.3. The van der Waals surface area contributed by atoms with Gasteiger partial charge in [0.05, 0.1) is 7.11 Å². The van der Waals surface area contributed by atoms with Crippen molar-refractivity contribution in [2.45, 2.75) is 25.7 Å². The standard InChI is InChI=1S/C14H17N3O2S/c1-19-13-7-5-10(6-8-13)15-14(20)17-16-11-3-2-4-12(18)9-11/h5-8H,2-4,9H2,1H3,(H2,15,17,20). The molecule has 1 aromatic rings. The Morgan fingerprint density at radius 2 is 2.05 bits per heavy atom. The fourth-order valence-corrected chi connectivity index (χ4v) is 2.12. The molecule has 1 aromatic carbocycles. The number of ether oxygens (including phenoxy) is 1. The maximum atomic E-state index is 11.3. The lowest BCUT2D eigenvalue weighted by Crippen LogP contribution is -2.26. The van der Waals surface area contributed by atoms with E-state index < -0.39 is 0 Å². The molecule has 0 atom stereocenters. The van der Waals surface area contributed by atoms with Crippen LogP contribution in [0, 0.1) is 0 Å². The Hall–Kier alpha value is -1.95. The number of Topliss-reactive ketones (excluding diaryl/α,β-unsaturated/α-hetero) is 1. The van der Waals surface area contributed by atoms with E-state index in [1.165, 1.54) is 0 Å². The lowest BCUT2D eigenvalue weighted by molar-refractivity contribution is -0.118. The highest BCUT2D eigenvalue weighted by Crippen LogP contribution is 2.15. The minimum atomic E-state index is 0.242. The largest absolute Gasteiger partial charge is 0.497 e. The third-order valence-electron chi connectivity index (χ3n) is 2.99. The number of nitrogens with one attached hydrogen (secondary N) is 2. The average molecular weight is 291 g/mol. The van der Waals surface area contributed by atoms with Crippen molar-refractivity contribution in [2.75, 3.05) is 12.4 Å². The fourth-order valence-electron chi connectivity index (χ4n) is 1.95. The van der Waals surface area contributed by atoms with Crippen LogP contribution in [0.25, 0.3) is 0 Å². The monoisotopic (exact) mass is 291 g/mol. The molecule has 0 saturated heterocycles. The first kappa shape index (κ1) is 14.5. The molecule has 0 unspecified atom stereocenters. The summed E-state index contributed by atoms with van der Waals surface area (Å²) in [5, 5.41) is 7.60. The van der Waals surface area contributed by atoms with Crippen molar-refractivity contribution in [2.24, 2.45) is 5.10 Å². The molecule has 1 aliphatic carbocycles. The predicted octanol–water partition coefficient (Wildman–Crippen LogP) is 2.48. The molecule has 0 heterocycles. The zero-order valence-electron chi connectivity index (χ0n) is 11.3. The van der Waals surface area contributed by atoms with Gasteiger partial charge < -0.3 is 10.1 Å². The number of benzene rings is 1. The van der Waals surface area contributed by atoms with Gasteiger partial charge in [-0.05, 0) is 49.3 Å².